The van der Waals surface area contributed by atoms with Crippen molar-refractivity contribution >= 4 is 16.6 Å². The summed E-state index contributed by atoms with van der Waals surface area (Å²) >= 11 is 0. The van der Waals surface area contributed by atoms with E-state index in [9.17, 15) is 0 Å². The van der Waals surface area contributed by atoms with Gasteiger partial charge in [0.25, 0.3) is 0 Å². The largest absolute Gasteiger partial charge is 0.399 e. The standard InChI is InChI=1S/C19H23N3/c20-18-8-9-19-17(15-18)10-13-22(19)14-12-21-11-4-7-16-5-2-1-3-6-16/h1-3,5-6,8-10,13,15,21H,4,7,11-12,14,20H2. The highest BCUT2D eigenvalue weighted by Crippen LogP contribution is 2.18. The van der Waals surface area contributed by atoms with Gasteiger partial charge in [0.1, 0.15) is 0 Å². The number of hydrogen-bond donors (Lipinski definition) is 2. The molecule has 0 saturated carbocycles. The molecule has 0 aliphatic carbocycles. The number of nitrogen functional groups attached to an aromatic ring is 1. The fourth-order valence-corrected chi connectivity index (χ4v) is 2.80. The van der Waals surface area contributed by atoms with Crippen LogP contribution < -0.4 is 11.1 Å². The molecular formula is C19H23N3. The maximum Gasteiger partial charge on any atom is 0.0482 e. The molecule has 0 bridgehead atoms. The van der Waals surface area contributed by atoms with Crippen molar-refractivity contribution in [2.75, 3.05) is 18.8 Å². The van der Waals surface area contributed by atoms with Gasteiger partial charge in [-0.25, -0.2) is 0 Å². The number of rotatable bonds is 7. The summed E-state index contributed by atoms with van der Waals surface area (Å²) < 4.78 is 2.28. The van der Waals surface area contributed by atoms with E-state index in [0.717, 1.165) is 31.7 Å². The summed E-state index contributed by atoms with van der Waals surface area (Å²) in [4.78, 5) is 0. The molecule has 2 aromatic carbocycles. The molecule has 0 radical (unpaired) electrons. The van der Waals surface area contributed by atoms with Gasteiger partial charge in [-0.05, 0) is 49.2 Å². The van der Waals surface area contributed by atoms with Crippen LogP contribution in [0.5, 0.6) is 0 Å². The minimum atomic E-state index is 0.823. The van der Waals surface area contributed by atoms with Crippen LogP contribution in [0.2, 0.25) is 0 Å². The molecule has 0 amide bonds. The molecule has 0 aliphatic heterocycles. The van der Waals surface area contributed by atoms with Gasteiger partial charge in [-0.3, -0.25) is 0 Å². The van der Waals surface area contributed by atoms with E-state index in [1.165, 1.54) is 22.9 Å². The quantitative estimate of drug-likeness (QED) is 0.517. The average molecular weight is 293 g/mol. The lowest BCUT2D eigenvalue weighted by Gasteiger charge is -2.08. The van der Waals surface area contributed by atoms with Crippen LogP contribution in [0.1, 0.15) is 12.0 Å². The van der Waals surface area contributed by atoms with Crippen molar-refractivity contribution in [3.05, 3.63) is 66.4 Å². The Labute approximate surface area is 131 Å². The monoisotopic (exact) mass is 293 g/mol. The molecule has 1 heterocycles. The molecule has 3 N–H and O–H groups in total. The fourth-order valence-electron chi connectivity index (χ4n) is 2.80. The van der Waals surface area contributed by atoms with E-state index in [1.54, 1.807) is 0 Å². The second-order valence-electron chi connectivity index (χ2n) is 5.67. The number of nitrogens with one attached hydrogen (secondary N) is 1. The van der Waals surface area contributed by atoms with E-state index < -0.39 is 0 Å². The first-order valence-electron chi connectivity index (χ1n) is 7.92. The number of benzene rings is 2. The summed E-state index contributed by atoms with van der Waals surface area (Å²) in [6.45, 7) is 3.03. The fraction of sp³-hybridized carbons (Fsp3) is 0.263. The smallest absolute Gasteiger partial charge is 0.0482 e. The molecule has 0 saturated heterocycles. The molecule has 3 heteroatoms. The third-order valence-corrected chi connectivity index (χ3v) is 3.99. The van der Waals surface area contributed by atoms with Gasteiger partial charge in [0.2, 0.25) is 0 Å². The summed E-state index contributed by atoms with van der Waals surface area (Å²) in [5.74, 6) is 0. The highest BCUT2D eigenvalue weighted by molar-refractivity contribution is 5.83. The molecule has 3 aromatic rings. The summed E-state index contributed by atoms with van der Waals surface area (Å²) in [6, 6.07) is 18.9. The van der Waals surface area contributed by atoms with Gasteiger partial charge in [-0.1, -0.05) is 30.3 Å². The summed E-state index contributed by atoms with van der Waals surface area (Å²) in [6.07, 6.45) is 4.45. The van der Waals surface area contributed by atoms with E-state index in [4.69, 9.17) is 5.73 Å². The number of nitrogens with zero attached hydrogens (tertiary/aromatic N) is 1. The van der Waals surface area contributed by atoms with Crippen molar-refractivity contribution in [1.82, 2.24) is 9.88 Å². The molecule has 0 spiro atoms. The van der Waals surface area contributed by atoms with E-state index in [1.807, 2.05) is 12.1 Å². The Morgan fingerprint density at radius 3 is 2.68 bits per heavy atom. The second kappa shape index (κ2) is 7.14. The molecule has 3 nitrogen and oxygen atoms in total. The first-order chi connectivity index (χ1) is 10.8. The molecular weight excluding hydrogens is 270 g/mol. The van der Waals surface area contributed by atoms with Crippen LogP contribution in [0.4, 0.5) is 5.69 Å². The Kier molecular flexibility index (Phi) is 4.76. The molecule has 1 aromatic heterocycles. The zero-order valence-electron chi connectivity index (χ0n) is 12.8. The Balaban J connectivity index is 1.41. The minimum Gasteiger partial charge on any atom is -0.399 e. The maximum atomic E-state index is 5.81. The van der Waals surface area contributed by atoms with Gasteiger partial charge >= 0.3 is 0 Å². The van der Waals surface area contributed by atoms with E-state index in [0.29, 0.717) is 0 Å². The van der Waals surface area contributed by atoms with Gasteiger partial charge in [0.05, 0.1) is 0 Å². The SMILES string of the molecule is Nc1ccc2c(ccn2CCNCCCc2ccccc2)c1. The van der Waals surface area contributed by atoms with Crippen molar-refractivity contribution < 1.29 is 0 Å². The summed E-state index contributed by atoms with van der Waals surface area (Å²) in [5.41, 5.74) is 9.30. The lowest BCUT2D eigenvalue weighted by molar-refractivity contribution is 0.592. The topological polar surface area (TPSA) is 43.0 Å². The summed E-state index contributed by atoms with van der Waals surface area (Å²) in [5, 5.41) is 4.74. The van der Waals surface area contributed by atoms with E-state index >= 15 is 0 Å². The third-order valence-electron chi connectivity index (χ3n) is 3.99. The number of anilines is 1. The van der Waals surface area contributed by atoms with E-state index in [-0.39, 0.29) is 0 Å². The second-order valence-corrected chi connectivity index (χ2v) is 5.67. The van der Waals surface area contributed by atoms with Crippen LogP contribution in [0.25, 0.3) is 10.9 Å². The number of hydrogen-bond acceptors (Lipinski definition) is 2. The molecule has 22 heavy (non-hydrogen) atoms. The molecule has 0 atom stereocenters. The zero-order valence-corrected chi connectivity index (χ0v) is 12.8. The molecule has 3 rings (SSSR count). The van der Waals surface area contributed by atoms with Crippen LogP contribution in [-0.4, -0.2) is 17.7 Å². The van der Waals surface area contributed by atoms with Gasteiger partial charge in [0.15, 0.2) is 0 Å². The average Bonchev–Trinajstić information content (AvgIpc) is 2.94. The first kappa shape index (κ1) is 14.7. The molecule has 0 fully saturated rings. The Bertz CT molecular complexity index is 716. The van der Waals surface area contributed by atoms with Crippen LogP contribution in [-0.2, 0) is 13.0 Å². The van der Waals surface area contributed by atoms with Crippen LogP contribution in [0.3, 0.4) is 0 Å². The predicted molar refractivity (Wildman–Crippen MR) is 94.0 cm³/mol. The number of aromatic nitrogens is 1. The van der Waals surface area contributed by atoms with Crippen LogP contribution >= 0.6 is 0 Å². The van der Waals surface area contributed by atoms with Gasteiger partial charge in [-0.2, -0.15) is 0 Å². The van der Waals surface area contributed by atoms with Gasteiger partial charge in [0, 0.05) is 35.9 Å². The lowest BCUT2D eigenvalue weighted by Crippen LogP contribution is -2.21. The Morgan fingerprint density at radius 2 is 1.82 bits per heavy atom. The lowest BCUT2D eigenvalue weighted by atomic mass is 10.1. The molecule has 114 valence electrons. The summed E-state index contributed by atoms with van der Waals surface area (Å²) in [7, 11) is 0. The highest BCUT2D eigenvalue weighted by Gasteiger charge is 2.00. The van der Waals surface area contributed by atoms with Crippen LogP contribution in [0.15, 0.2) is 60.8 Å². The van der Waals surface area contributed by atoms with Crippen molar-refractivity contribution in [1.29, 1.82) is 0 Å². The molecule has 0 aliphatic rings. The van der Waals surface area contributed by atoms with Gasteiger partial charge in [-0.15, -0.1) is 0 Å². The van der Waals surface area contributed by atoms with Crippen molar-refractivity contribution in [3.63, 3.8) is 0 Å². The number of nitrogens with two attached hydrogens (primary N) is 1. The minimum absolute atomic E-state index is 0.823. The normalized spacial score (nSPS) is 11.1. The Hall–Kier alpha value is -2.26. The molecule has 0 unspecified atom stereocenters. The maximum absolute atomic E-state index is 5.81. The van der Waals surface area contributed by atoms with Crippen molar-refractivity contribution in [2.45, 2.75) is 19.4 Å². The third kappa shape index (κ3) is 3.68. The van der Waals surface area contributed by atoms with Crippen LogP contribution in [0, 0.1) is 0 Å². The van der Waals surface area contributed by atoms with Crippen molar-refractivity contribution in [2.24, 2.45) is 0 Å². The highest BCUT2D eigenvalue weighted by atomic mass is 15.0. The Morgan fingerprint density at radius 1 is 0.955 bits per heavy atom. The van der Waals surface area contributed by atoms with Gasteiger partial charge < -0.3 is 15.6 Å². The number of fused-ring (bicyclic) bond motifs is 1. The zero-order chi connectivity index (χ0) is 15.2. The number of aryl methyl sites for hydroxylation is 1. The van der Waals surface area contributed by atoms with Crippen molar-refractivity contribution in [3.8, 4) is 0 Å². The predicted octanol–water partition coefficient (Wildman–Crippen LogP) is 3.45. The van der Waals surface area contributed by atoms with E-state index in [2.05, 4.69) is 58.5 Å². The first-order valence-corrected chi connectivity index (χ1v) is 7.92.